The van der Waals surface area contributed by atoms with E-state index in [0.717, 1.165) is 32.6 Å². The zero-order chi connectivity index (χ0) is 15.0. The molecule has 0 aromatic heterocycles. The average molecular weight is 293 g/mol. The Hall–Kier alpha value is -1.10. The summed E-state index contributed by atoms with van der Waals surface area (Å²) in [7, 11) is 0. The summed E-state index contributed by atoms with van der Waals surface area (Å²) in [4.78, 5) is 30.8. The summed E-state index contributed by atoms with van der Waals surface area (Å²) in [6, 6.07) is 0. The molecule has 3 fully saturated rings. The number of hydrogen-bond acceptors (Lipinski definition) is 3. The van der Waals surface area contributed by atoms with Gasteiger partial charge in [-0.25, -0.2) is 0 Å². The zero-order valence-corrected chi connectivity index (χ0v) is 13.3. The van der Waals surface area contributed by atoms with Crippen LogP contribution in [0.4, 0.5) is 0 Å². The summed E-state index contributed by atoms with van der Waals surface area (Å²) < 4.78 is 0. The third-order valence-electron chi connectivity index (χ3n) is 5.78. The van der Waals surface area contributed by atoms with Crippen LogP contribution in [0.1, 0.15) is 33.1 Å². The molecule has 1 spiro atoms. The lowest BCUT2D eigenvalue weighted by Gasteiger charge is -2.27. The van der Waals surface area contributed by atoms with E-state index in [-0.39, 0.29) is 23.1 Å². The van der Waals surface area contributed by atoms with Gasteiger partial charge in [-0.05, 0) is 38.3 Å². The molecule has 3 rings (SSSR count). The van der Waals surface area contributed by atoms with Crippen molar-refractivity contribution >= 4 is 11.8 Å². The summed E-state index contributed by atoms with van der Waals surface area (Å²) in [6.07, 6.45) is 3.50. The van der Waals surface area contributed by atoms with E-state index in [0.29, 0.717) is 6.54 Å². The van der Waals surface area contributed by atoms with Gasteiger partial charge in [-0.2, -0.15) is 0 Å². The Kier molecular flexibility index (Phi) is 3.95. The first kappa shape index (κ1) is 14.8. The van der Waals surface area contributed by atoms with E-state index in [4.69, 9.17) is 0 Å². The molecule has 118 valence electrons. The SMILES string of the molecule is CC(=O)N1C[C@@H](C)[C@@]2(CCN(CCN3CCCC3)C2=O)C1. The van der Waals surface area contributed by atoms with Crippen molar-refractivity contribution in [3.05, 3.63) is 0 Å². The summed E-state index contributed by atoms with van der Waals surface area (Å²) in [5.74, 6) is 0.672. The van der Waals surface area contributed by atoms with Crippen LogP contribution in [0.25, 0.3) is 0 Å². The summed E-state index contributed by atoms with van der Waals surface area (Å²) >= 11 is 0. The second-order valence-corrected chi connectivity index (χ2v) is 7.05. The van der Waals surface area contributed by atoms with Gasteiger partial charge in [-0.15, -0.1) is 0 Å². The monoisotopic (exact) mass is 293 g/mol. The molecule has 3 aliphatic heterocycles. The van der Waals surface area contributed by atoms with Gasteiger partial charge in [0.25, 0.3) is 0 Å². The van der Waals surface area contributed by atoms with Gasteiger partial charge in [0, 0.05) is 39.6 Å². The first-order valence-electron chi connectivity index (χ1n) is 8.30. The number of hydrogen-bond donors (Lipinski definition) is 0. The van der Waals surface area contributed by atoms with Crippen molar-refractivity contribution in [3.8, 4) is 0 Å². The standard InChI is InChI=1S/C16H27N3O2/c1-13-11-19(14(2)20)12-16(13)5-8-18(15(16)21)10-9-17-6-3-4-7-17/h13H,3-12H2,1-2H3/t13-,16-/m1/s1. The molecular weight excluding hydrogens is 266 g/mol. The van der Waals surface area contributed by atoms with Crippen LogP contribution in [0.5, 0.6) is 0 Å². The quantitative estimate of drug-likeness (QED) is 0.773. The molecule has 0 N–H and O–H groups in total. The maximum atomic E-state index is 12.9. The molecule has 5 heteroatoms. The second-order valence-electron chi connectivity index (χ2n) is 7.05. The number of carbonyl (C=O) groups excluding carboxylic acids is 2. The fraction of sp³-hybridized carbons (Fsp3) is 0.875. The van der Waals surface area contributed by atoms with E-state index in [1.54, 1.807) is 6.92 Å². The normalized spacial score (nSPS) is 33.6. The third kappa shape index (κ3) is 2.56. The maximum absolute atomic E-state index is 12.9. The lowest BCUT2D eigenvalue weighted by atomic mass is 9.78. The van der Waals surface area contributed by atoms with Crippen LogP contribution in [-0.2, 0) is 9.59 Å². The van der Waals surface area contributed by atoms with Crippen molar-refractivity contribution in [2.24, 2.45) is 11.3 Å². The molecule has 0 aromatic rings. The lowest BCUT2D eigenvalue weighted by molar-refractivity contribution is -0.137. The molecule has 21 heavy (non-hydrogen) atoms. The zero-order valence-electron chi connectivity index (χ0n) is 13.3. The van der Waals surface area contributed by atoms with E-state index in [9.17, 15) is 9.59 Å². The van der Waals surface area contributed by atoms with Gasteiger partial charge < -0.3 is 14.7 Å². The van der Waals surface area contributed by atoms with Gasteiger partial charge in [0.15, 0.2) is 0 Å². The van der Waals surface area contributed by atoms with Gasteiger partial charge in [-0.1, -0.05) is 6.92 Å². The van der Waals surface area contributed by atoms with E-state index in [1.807, 2.05) is 9.80 Å². The van der Waals surface area contributed by atoms with E-state index < -0.39 is 0 Å². The highest BCUT2D eigenvalue weighted by Gasteiger charge is 2.55. The first-order chi connectivity index (χ1) is 10.0. The number of nitrogens with zero attached hydrogens (tertiary/aromatic N) is 3. The van der Waals surface area contributed by atoms with Gasteiger partial charge in [0.2, 0.25) is 11.8 Å². The van der Waals surface area contributed by atoms with Gasteiger partial charge in [-0.3, -0.25) is 9.59 Å². The molecule has 0 radical (unpaired) electrons. The molecule has 3 heterocycles. The molecule has 0 aliphatic carbocycles. The fourth-order valence-corrected chi connectivity index (χ4v) is 4.25. The predicted octanol–water partition coefficient (Wildman–Crippen LogP) is 0.799. The van der Waals surface area contributed by atoms with Crippen LogP contribution < -0.4 is 0 Å². The van der Waals surface area contributed by atoms with Crippen molar-refractivity contribution in [3.63, 3.8) is 0 Å². The van der Waals surface area contributed by atoms with Crippen LogP contribution in [0.3, 0.4) is 0 Å². The van der Waals surface area contributed by atoms with Crippen LogP contribution in [0.2, 0.25) is 0 Å². The molecule has 5 nitrogen and oxygen atoms in total. The molecule has 0 bridgehead atoms. The smallest absolute Gasteiger partial charge is 0.231 e. The van der Waals surface area contributed by atoms with Crippen LogP contribution in [0, 0.1) is 11.3 Å². The molecular formula is C16H27N3O2. The summed E-state index contributed by atoms with van der Waals surface area (Å²) in [6.45, 7) is 10.2. The molecule has 2 atom stereocenters. The summed E-state index contributed by atoms with van der Waals surface area (Å²) in [5.41, 5.74) is -0.295. The minimum absolute atomic E-state index is 0.0991. The Morgan fingerprint density at radius 1 is 1.24 bits per heavy atom. The van der Waals surface area contributed by atoms with Gasteiger partial charge >= 0.3 is 0 Å². The molecule has 0 unspecified atom stereocenters. The highest BCUT2D eigenvalue weighted by atomic mass is 16.2. The van der Waals surface area contributed by atoms with E-state index in [1.165, 1.54) is 25.9 Å². The van der Waals surface area contributed by atoms with Crippen LogP contribution in [0.15, 0.2) is 0 Å². The Morgan fingerprint density at radius 2 is 1.95 bits per heavy atom. The third-order valence-corrected chi connectivity index (χ3v) is 5.78. The van der Waals surface area contributed by atoms with E-state index in [2.05, 4.69) is 11.8 Å². The predicted molar refractivity (Wildman–Crippen MR) is 80.7 cm³/mol. The molecule has 2 amide bonds. The second kappa shape index (κ2) is 5.59. The fourth-order valence-electron chi connectivity index (χ4n) is 4.25. The number of rotatable bonds is 3. The van der Waals surface area contributed by atoms with Gasteiger partial charge in [0.1, 0.15) is 0 Å². The largest absolute Gasteiger partial charge is 0.342 e. The average Bonchev–Trinajstić information content (AvgIpc) is 3.13. The number of amides is 2. The topological polar surface area (TPSA) is 43.9 Å². The molecule has 3 aliphatic rings. The van der Waals surface area contributed by atoms with Crippen molar-refractivity contribution in [1.29, 1.82) is 0 Å². The van der Waals surface area contributed by atoms with Crippen LogP contribution >= 0.6 is 0 Å². The van der Waals surface area contributed by atoms with E-state index >= 15 is 0 Å². The van der Waals surface area contributed by atoms with Crippen molar-refractivity contribution in [2.75, 3.05) is 45.8 Å². The molecule has 0 aromatic carbocycles. The lowest BCUT2D eigenvalue weighted by Crippen LogP contribution is -2.42. The highest BCUT2D eigenvalue weighted by Crippen LogP contribution is 2.44. The number of likely N-dealkylation sites (tertiary alicyclic amines) is 3. The van der Waals surface area contributed by atoms with Crippen molar-refractivity contribution in [1.82, 2.24) is 14.7 Å². The highest BCUT2D eigenvalue weighted by molar-refractivity contribution is 5.87. The van der Waals surface area contributed by atoms with Crippen molar-refractivity contribution in [2.45, 2.75) is 33.1 Å². The molecule has 3 saturated heterocycles. The maximum Gasteiger partial charge on any atom is 0.231 e. The minimum atomic E-state index is -0.295. The molecule has 0 saturated carbocycles. The Morgan fingerprint density at radius 3 is 2.57 bits per heavy atom. The first-order valence-corrected chi connectivity index (χ1v) is 8.30. The summed E-state index contributed by atoms with van der Waals surface area (Å²) in [5, 5.41) is 0. The Bertz CT molecular complexity index is 433. The Labute approximate surface area is 127 Å². The van der Waals surface area contributed by atoms with Gasteiger partial charge in [0.05, 0.1) is 5.41 Å². The van der Waals surface area contributed by atoms with Crippen LogP contribution in [-0.4, -0.2) is 72.3 Å². The Balaban J connectivity index is 1.61. The van der Waals surface area contributed by atoms with Crippen molar-refractivity contribution < 1.29 is 9.59 Å². The number of carbonyl (C=O) groups is 2. The minimum Gasteiger partial charge on any atom is -0.342 e.